The van der Waals surface area contributed by atoms with Crippen LogP contribution in [0, 0.1) is 17.8 Å². The molecule has 1 unspecified atom stereocenters. The van der Waals surface area contributed by atoms with Crippen LogP contribution in [0.2, 0.25) is 42.3 Å². The number of rotatable bonds is 2. The van der Waals surface area contributed by atoms with Gasteiger partial charge in [-0.15, -0.1) is 0 Å². The summed E-state index contributed by atoms with van der Waals surface area (Å²) in [4.78, 5) is 16.2. The molecule has 3 saturated heterocycles. The summed E-state index contributed by atoms with van der Waals surface area (Å²) in [7, 11) is 0. The van der Waals surface area contributed by atoms with E-state index in [1.165, 1.54) is 6.42 Å². The third-order valence-corrected chi connectivity index (χ3v) is 45.2. The first-order valence-electron chi connectivity index (χ1n) is 8.88. The molecule has 0 nitrogen and oxygen atoms in total. The van der Waals surface area contributed by atoms with E-state index in [0.717, 1.165) is 24.5 Å². The van der Waals surface area contributed by atoms with Gasteiger partial charge in [-0.3, -0.25) is 0 Å². The predicted octanol–water partition coefficient (Wildman–Crippen LogP) is 5.52. The summed E-state index contributed by atoms with van der Waals surface area (Å²) in [5.41, 5.74) is 2.09. The quantitative estimate of drug-likeness (QED) is 0.452. The van der Waals surface area contributed by atoms with E-state index in [2.05, 4.69) is 36.7 Å². The van der Waals surface area contributed by atoms with Gasteiger partial charge >= 0.3 is 136 Å². The molecule has 4 rings (SSSR count). The van der Waals surface area contributed by atoms with E-state index in [-0.39, 0.29) is 0 Å². The van der Waals surface area contributed by atoms with Crippen LogP contribution in [0.4, 0.5) is 0 Å². The summed E-state index contributed by atoms with van der Waals surface area (Å²) >= 11 is -3.84. The van der Waals surface area contributed by atoms with E-state index in [1.54, 1.807) is 31.9 Å². The van der Waals surface area contributed by atoms with Gasteiger partial charge in [-0.25, -0.2) is 0 Å². The second-order valence-electron chi connectivity index (χ2n) is 10.1. The van der Waals surface area contributed by atoms with Gasteiger partial charge < -0.3 is 0 Å². The van der Waals surface area contributed by atoms with Gasteiger partial charge in [0.15, 0.2) is 0 Å². The molecule has 0 N–H and O–H groups in total. The first kappa shape index (κ1) is 16.3. The first-order chi connectivity index (χ1) is 9.14. The van der Waals surface area contributed by atoms with Crippen molar-refractivity contribution in [3.63, 3.8) is 0 Å². The summed E-state index contributed by atoms with van der Waals surface area (Å²) in [6.45, 7) is 1.04. The molecule has 4 bridgehead atoms. The zero-order chi connectivity index (χ0) is 14.7. The SMILES string of the molecule is [CH3][Sn]([CH3])([CH3])[C](=C1CC2C[C@H]3CB1C[C@@H](C2)C3)[Sn]([CH3])([CH3])[CH3]. The number of hydrogen-bond acceptors (Lipinski definition) is 0. The molecular formula is C17H33BSn2. The average molecular weight is 486 g/mol. The Balaban J connectivity index is 2.08. The van der Waals surface area contributed by atoms with Crippen molar-refractivity contribution in [2.24, 2.45) is 17.8 Å². The van der Waals surface area contributed by atoms with Gasteiger partial charge in [-0.1, -0.05) is 0 Å². The predicted molar refractivity (Wildman–Crippen MR) is 98.0 cm³/mol. The van der Waals surface area contributed by atoms with E-state index < -0.39 is 36.8 Å². The van der Waals surface area contributed by atoms with Crippen LogP contribution in [0.15, 0.2) is 7.08 Å². The number of hydrogen-bond donors (Lipinski definition) is 0. The Bertz CT molecular complexity index is 397. The van der Waals surface area contributed by atoms with Crippen LogP contribution >= 0.6 is 0 Å². The molecule has 0 aromatic heterocycles. The Labute approximate surface area is 135 Å². The molecule has 3 aliphatic heterocycles. The number of allylic oxidation sites excluding steroid dienone is 1. The zero-order valence-corrected chi connectivity index (χ0v) is 20.3. The Kier molecular flexibility index (Phi) is 4.47. The van der Waals surface area contributed by atoms with Crippen LogP contribution in [-0.4, -0.2) is 43.5 Å². The monoisotopic (exact) mass is 488 g/mol. The normalized spacial score (nSPS) is 33.6. The first-order valence-corrected chi connectivity index (χ1v) is 28.9. The second-order valence-corrected chi connectivity index (χ2v) is 42.7. The minimum absolute atomic E-state index is 1.04. The molecule has 3 heteroatoms. The van der Waals surface area contributed by atoms with Gasteiger partial charge in [0, 0.05) is 0 Å². The Morgan fingerprint density at radius 3 is 1.70 bits per heavy atom. The molecule has 0 spiro atoms. The van der Waals surface area contributed by atoms with Crippen molar-refractivity contribution < 1.29 is 0 Å². The molecule has 1 saturated carbocycles. The van der Waals surface area contributed by atoms with E-state index in [4.69, 9.17) is 0 Å². The van der Waals surface area contributed by atoms with E-state index in [0.29, 0.717) is 0 Å². The van der Waals surface area contributed by atoms with Crippen LogP contribution in [-0.2, 0) is 0 Å². The average Bonchev–Trinajstić information content (AvgIpc) is 2.39. The maximum absolute atomic E-state index is 2.70. The van der Waals surface area contributed by atoms with Gasteiger partial charge in [-0.2, -0.15) is 0 Å². The molecule has 0 amide bonds. The van der Waals surface area contributed by atoms with Gasteiger partial charge in [0.1, 0.15) is 0 Å². The third kappa shape index (κ3) is 3.19. The molecule has 0 aromatic carbocycles. The fourth-order valence-electron chi connectivity index (χ4n) is 6.31. The van der Waals surface area contributed by atoms with Crippen LogP contribution < -0.4 is 0 Å². The van der Waals surface area contributed by atoms with Gasteiger partial charge in [-0.05, 0) is 0 Å². The molecule has 4 fully saturated rings. The molecule has 0 radical (unpaired) electrons. The summed E-state index contributed by atoms with van der Waals surface area (Å²) in [6, 6.07) is 0. The molecule has 3 heterocycles. The second kappa shape index (κ2) is 5.49. The fourth-order valence-corrected chi connectivity index (χ4v) is 63.1. The Morgan fingerprint density at radius 2 is 1.25 bits per heavy atom. The summed E-state index contributed by atoms with van der Waals surface area (Å²) in [6.07, 6.45) is 9.46. The van der Waals surface area contributed by atoms with Crippen molar-refractivity contribution in [2.45, 2.75) is 68.0 Å². The van der Waals surface area contributed by atoms with Crippen LogP contribution in [0.25, 0.3) is 0 Å². The van der Waals surface area contributed by atoms with Crippen molar-refractivity contribution in [1.82, 2.24) is 0 Å². The van der Waals surface area contributed by atoms with Crippen molar-refractivity contribution in [2.75, 3.05) is 0 Å². The molecule has 1 aliphatic carbocycles. The van der Waals surface area contributed by atoms with Gasteiger partial charge in [0.05, 0.1) is 0 Å². The van der Waals surface area contributed by atoms with E-state index >= 15 is 0 Å². The number of fused-ring (bicyclic) bond motifs is 1. The van der Waals surface area contributed by atoms with Crippen LogP contribution in [0.3, 0.4) is 0 Å². The van der Waals surface area contributed by atoms with E-state index in [1.807, 2.05) is 0 Å². The topological polar surface area (TPSA) is 0 Å². The van der Waals surface area contributed by atoms with Crippen molar-refractivity contribution >= 4 is 43.5 Å². The molecule has 0 aromatic rings. The molecule has 112 valence electrons. The third-order valence-electron chi connectivity index (χ3n) is 6.06. The summed E-state index contributed by atoms with van der Waals surface area (Å²) < 4.78 is 2.21. The summed E-state index contributed by atoms with van der Waals surface area (Å²) in [5, 5.41) is 0. The van der Waals surface area contributed by atoms with Crippen LogP contribution in [0.5, 0.6) is 0 Å². The van der Waals surface area contributed by atoms with Crippen molar-refractivity contribution in [3.05, 3.63) is 7.08 Å². The van der Waals surface area contributed by atoms with Crippen molar-refractivity contribution in [3.8, 4) is 0 Å². The van der Waals surface area contributed by atoms with Crippen molar-refractivity contribution in [1.29, 1.82) is 0 Å². The maximum atomic E-state index is 2.70. The van der Waals surface area contributed by atoms with E-state index in [9.17, 15) is 0 Å². The van der Waals surface area contributed by atoms with Crippen LogP contribution in [0.1, 0.15) is 25.7 Å². The molecule has 4 aliphatic rings. The Morgan fingerprint density at radius 1 is 0.800 bits per heavy atom. The van der Waals surface area contributed by atoms with Gasteiger partial charge in [0.25, 0.3) is 0 Å². The standard InChI is InChI=1S/C11H15B.6CH3.2Sn/c1-8-2-9-3-10-5-11(4-9)7-12(8)6-10;;;;;;;;/h9-11H,2-7H2;6*1H3;;/t9?,10-,11+;;;;;;;;. The molecular weight excluding hydrogens is 452 g/mol. The molecule has 20 heavy (non-hydrogen) atoms. The minimum atomic E-state index is -1.92. The van der Waals surface area contributed by atoms with Gasteiger partial charge in [0.2, 0.25) is 0 Å². The Hall–Kier alpha value is 1.40. The zero-order valence-electron chi connectivity index (χ0n) is 14.6. The fraction of sp³-hybridized carbons (Fsp3) is 0.882. The molecule has 3 atom stereocenters. The summed E-state index contributed by atoms with van der Waals surface area (Å²) in [5.74, 6) is 3.31.